The van der Waals surface area contributed by atoms with E-state index in [-0.39, 0.29) is 24.2 Å². The highest BCUT2D eigenvalue weighted by Gasteiger charge is 2.39. The Hall–Kier alpha value is -2.46. The van der Waals surface area contributed by atoms with Gasteiger partial charge in [-0.3, -0.25) is 19.4 Å². The molecule has 2 aromatic rings. The maximum absolute atomic E-state index is 12.6. The van der Waals surface area contributed by atoms with Crippen molar-refractivity contribution >= 4 is 11.8 Å². The summed E-state index contributed by atoms with van der Waals surface area (Å²) < 4.78 is 0. The summed E-state index contributed by atoms with van der Waals surface area (Å²) in [6, 6.07) is 19.6. The van der Waals surface area contributed by atoms with Gasteiger partial charge in [0.2, 0.25) is 11.8 Å². The molecule has 23 heavy (non-hydrogen) atoms. The fourth-order valence-electron chi connectivity index (χ4n) is 2.96. The zero-order valence-corrected chi connectivity index (χ0v) is 13.2. The van der Waals surface area contributed by atoms with Gasteiger partial charge in [0.1, 0.15) is 0 Å². The molecule has 0 unspecified atom stereocenters. The molecule has 118 valence electrons. The van der Waals surface area contributed by atoms with Gasteiger partial charge in [-0.2, -0.15) is 0 Å². The Morgan fingerprint density at radius 3 is 2.26 bits per heavy atom. The smallest absolute Gasteiger partial charge is 0.238 e. The highest BCUT2D eigenvalue weighted by atomic mass is 16.2. The first-order valence-corrected chi connectivity index (χ1v) is 7.77. The Morgan fingerprint density at radius 2 is 1.61 bits per heavy atom. The van der Waals surface area contributed by atoms with E-state index < -0.39 is 0 Å². The van der Waals surface area contributed by atoms with Gasteiger partial charge in [0.15, 0.2) is 0 Å². The van der Waals surface area contributed by atoms with Crippen LogP contribution < -0.4 is 0 Å². The average Bonchev–Trinajstić information content (AvgIpc) is 2.85. The van der Waals surface area contributed by atoms with E-state index in [9.17, 15) is 9.59 Å². The van der Waals surface area contributed by atoms with Crippen LogP contribution in [0.3, 0.4) is 0 Å². The fraction of sp³-hybridized carbons (Fsp3) is 0.263. The number of amides is 2. The molecule has 0 aromatic heterocycles. The SMILES string of the molecule is CN(Cc1ccccc1)CN1C(=O)C[C@H](c2ccccc2)C1=O. The molecule has 1 saturated heterocycles. The molecule has 0 radical (unpaired) electrons. The predicted octanol–water partition coefficient (Wildman–Crippen LogP) is 2.62. The van der Waals surface area contributed by atoms with Crippen LogP contribution in [0.1, 0.15) is 23.5 Å². The number of rotatable bonds is 5. The summed E-state index contributed by atoms with van der Waals surface area (Å²) in [5.41, 5.74) is 2.08. The molecule has 4 nitrogen and oxygen atoms in total. The van der Waals surface area contributed by atoms with Gasteiger partial charge in [-0.25, -0.2) is 0 Å². The highest BCUT2D eigenvalue weighted by Crippen LogP contribution is 2.29. The van der Waals surface area contributed by atoms with Crippen LogP contribution in [0.25, 0.3) is 0 Å². The number of carbonyl (C=O) groups excluding carboxylic acids is 2. The van der Waals surface area contributed by atoms with Crippen LogP contribution in [0, 0.1) is 0 Å². The Morgan fingerprint density at radius 1 is 1.00 bits per heavy atom. The molecular weight excluding hydrogens is 288 g/mol. The molecular formula is C19H20N2O2. The van der Waals surface area contributed by atoms with Crippen LogP contribution in [0.5, 0.6) is 0 Å². The topological polar surface area (TPSA) is 40.6 Å². The summed E-state index contributed by atoms with van der Waals surface area (Å²) in [7, 11) is 1.92. The molecule has 0 saturated carbocycles. The summed E-state index contributed by atoms with van der Waals surface area (Å²) in [5, 5.41) is 0. The molecule has 1 heterocycles. The molecule has 4 heteroatoms. The van der Waals surface area contributed by atoms with Crippen LogP contribution in [0.2, 0.25) is 0 Å². The maximum atomic E-state index is 12.6. The Labute approximate surface area is 136 Å². The van der Waals surface area contributed by atoms with Gasteiger partial charge in [-0.05, 0) is 18.2 Å². The lowest BCUT2D eigenvalue weighted by Gasteiger charge is -2.23. The number of carbonyl (C=O) groups is 2. The molecule has 2 amide bonds. The third-order valence-electron chi connectivity index (χ3n) is 4.12. The van der Waals surface area contributed by atoms with Gasteiger partial charge in [-0.15, -0.1) is 0 Å². The lowest BCUT2D eigenvalue weighted by atomic mass is 9.98. The van der Waals surface area contributed by atoms with E-state index in [0.29, 0.717) is 13.2 Å². The monoisotopic (exact) mass is 308 g/mol. The second kappa shape index (κ2) is 6.75. The number of nitrogens with zero attached hydrogens (tertiary/aromatic N) is 2. The van der Waals surface area contributed by atoms with Crippen LogP contribution in [0.4, 0.5) is 0 Å². The zero-order valence-electron chi connectivity index (χ0n) is 13.2. The normalized spacial score (nSPS) is 18.0. The third kappa shape index (κ3) is 3.48. The zero-order chi connectivity index (χ0) is 16.2. The van der Waals surface area contributed by atoms with E-state index in [2.05, 4.69) is 0 Å². The maximum Gasteiger partial charge on any atom is 0.238 e. The first kappa shape index (κ1) is 15.4. The number of imide groups is 1. The minimum absolute atomic E-state index is 0.0937. The van der Waals surface area contributed by atoms with Gasteiger partial charge < -0.3 is 0 Å². The average molecular weight is 308 g/mol. The highest BCUT2D eigenvalue weighted by molar-refractivity contribution is 6.06. The number of likely N-dealkylation sites (tertiary alicyclic amines) is 1. The van der Waals surface area contributed by atoms with Crippen LogP contribution in [0.15, 0.2) is 60.7 Å². The summed E-state index contributed by atoms with van der Waals surface area (Å²) in [6.07, 6.45) is 0.266. The third-order valence-corrected chi connectivity index (χ3v) is 4.12. The molecule has 0 bridgehead atoms. The summed E-state index contributed by atoms with van der Waals surface area (Å²) in [6.45, 7) is 1.03. The number of hydrogen-bond acceptors (Lipinski definition) is 3. The summed E-state index contributed by atoms with van der Waals surface area (Å²) >= 11 is 0. The molecule has 0 spiro atoms. The summed E-state index contributed by atoms with van der Waals surface area (Å²) in [5.74, 6) is -0.529. The van der Waals surface area contributed by atoms with Crippen molar-refractivity contribution in [2.24, 2.45) is 0 Å². The molecule has 1 fully saturated rings. The molecule has 2 aromatic carbocycles. The van der Waals surface area contributed by atoms with Gasteiger partial charge in [-0.1, -0.05) is 60.7 Å². The van der Waals surface area contributed by atoms with E-state index >= 15 is 0 Å². The number of hydrogen-bond donors (Lipinski definition) is 0. The first-order chi connectivity index (χ1) is 11.1. The van der Waals surface area contributed by atoms with E-state index in [1.54, 1.807) is 0 Å². The quantitative estimate of drug-likeness (QED) is 0.797. The van der Waals surface area contributed by atoms with Crippen molar-refractivity contribution in [1.29, 1.82) is 0 Å². The predicted molar refractivity (Wildman–Crippen MR) is 88.4 cm³/mol. The molecule has 1 atom stereocenters. The van der Waals surface area contributed by atoms with Gasteiger partial charge >= 0.3 is 0 Å². The van der Waals surface area contributed by atoms with Crippen LogP contribution in [-0.4, -0.2) is 35.3 Å². The lowest BCUT2D eigenvalue weighted by Crippen LogP contribution is -2.39. The second-order valence-electron chi connectivity index (χ2n) is 5.97. The minimum Gasteiger partial charge on any atom is -0.284 e. The first-order valence-electron chi connectivity index (χ1n) is 7.77. The molecule has 0 aliphatic carbocycles. The van der Waals surface area contributed by atoms with Crippen molar-refractivity contribution in [3.8, 4) is 0 Å². The summed E-state index contributed by atoms with van der Waals surface area (Å²) in [4.78, 5) is 28.2. The Balaban J connectivity index is 1.66. The number of benzene rings is 2. The van der Waals surface area contributed by atoms with E-state index in [1.165, 1.54) is 4.90 Å². The van der Waals surface area contributed by atoms with Gasteiger partial charge in [0.25, 0.3) is 0 Å². The van der Waals surface area contributed by atoms with E-state index in [4.69, 9.17) is 0 Å². The standard InChI is InChI=1S/C19H20N2O2/c1-20(13-15-8-4-2-5-9-15)14-21-18(22)12-17(19(21)23)16-10-6-3-7-11-16/h2-11,17H,12-14H2,1H3/t17-/m1/s1. The Kier molecular flexibility index (Phi) is 4.53. The van der Waals surface area contributed by atoms with E-state index in [0.717, 1.165) is 11.1 Å². The van der Waals surface area contributed by atoms with Crippen molar-refractivity contribution < 1.29 is 9.59 Å². The van der Waals surface area contributed by atoms with Crippen LogP contribution in [-0.2, 0) is 16.1 Å². The van der Waals surface area contributed by atoms with Gasteiger partial charge in [0.05, 0.1) is 12.6 Å². The van der Waals surface area contributed by atoms with Crippen LogP contribution >= 0.6 is 0 Å². The Bertz CT molecular complexity index is 685. The molecule has 1 aliphatic heterocycles. The van der Waals surface area contributed by atoms with Crippen molar-refractivity contribution in [3.05, 3.63) is 71.8 Å². The van der Waals surface area contributed by atoms with Crippen molar-refractivity contribution in [2.45, 2.75) is 18.9 Å². The fourth-order valence-corrected chi connectivity index (χ4v) is 2.96. The van der Waals surface area contributed by atoms with Crippen molar-refractivity contribution in [3.63, 3.8) is 0 Å². The van der Waals surface area contributed by atoms with Gasteiger partial charge in [0, 0.05) is 13.0 Å². The second-order valence-corrected chi connectivity index (χ2v) is 5.97. The van der Waals surface area contributed by atoms with Crippen molar-refractivity contribution in [2.75, 3.05) is 13.7 Å². The molecule has 3 rings (SSSR count). The minimum atomic E-state index is -0.339. The molecule has 0 N–H and O–H groups in total. The van der Waals surface area contributed by atoms with E-state index in [1.807, 2.05) is 72.6 Å². The largest absolute Gasteiger partial charge is 0.284 e. The molecule has 1 aliphatic rings. The lowest BCUT2D eigenvalue weighted by molar-refractivity contribution is -0.141. The van der Waals surface area contributed by atoms with Crippen molar-refractivity contribution in [1.82, 2.24) is 9.80 Å².